The number of piperidine rings is 1. The van der Waals surface area contributed by atoms with Crippen molar-refractivity contribution in [2.45, 2.75) is 56.0 Å². The maximum Gasteiger partial charge on any atom is 0.237 e. The number of amides is 1. The molecular formula is C22H31N5O3S. The predicted molar refractivity (Wildman–Crippen MR) is 122 cm³/mol. The van der Waals surface area contributed by atoms with Crippen LogP contribution in [0.15, 0.2) is 23.4 Å². The number of nitrogens with zero attached hydrogens (tertiary/aromatic N) is 4. The zero-order valence-electron chi connectivity index (χ0n) is 18.6. The van der Waals surface area contributed by atoms with Gasteiger partial charge in [0, 0.05) is 30.9 Å². The topological polar surface area (TPSA) is 81.5 Å². The quantitative estimate of drug-likeness (QED) is 0.615. The Kier molecular flexibility index (Phi) is 6.60. The molecule has 168 valence electrons. The summed E-state index contributed by atoms with van der Waals surface area (Å²) in [6, 6.07) is 5.80. The second-order valence-corrected chi connectivity index (χ2v) is 9.68. The lowest BCUT2D eigenvalue weighted by molar-refractivity contribution is -0.115. The Morgan fingerprint density at radius 1 is 1.13 bits per heavy atom. The van der Waals surface area contributed by atoms with Crippen LogP contribution in [0.25, 0.3) is 0 Å². The Morgan fingerprint density at radius 3 is 2.48 bits per heavy atom. The number of methoxy groups -OCH3 is 2. The minimum absolute atomic E-state index is 0.0871. The van der Waals surface area contributed by atoms with Gasteiger partial charge in [-0.15, -0.1) is 10.2 Å². The smallest absolute Gasteiger partial charge is 0.237 e. The molecule has 1 atom stereocenters. The number of hydrogen-bond acceptors (Lipinski definition) is 7. The van der Waals surface area contributed by atoms with E-state index in [0.717, 1.165) is 43.0 Å². The van der Waals surface area contributed by atoms with Crippen molar-refractivity contribution < 1.29 is 14.3 Å². The number of aromatic nitrogens is 3. The normalized spacial score (nSPS) is 18.0. The van der Waals surface area contributed by atoms with Gasteiger partial charge in [0.1, 0.15) is 0 Å². The Hall–Kier alpha value is -2.42. The van der Waals surface area contributed by atoms with Gasteiger partial charge >= 0.3 is 0 Å². The van der Waals surface area contributed by atoms with Crippen LogP contribution in [0, 0.1) is 5.92 Å². The molecule has 8 nitrogen and oxygen atoms in total. The first kappa shape index (κ1) is 21.8. The molecule has 1 N–H and O–H groups in total. The largest absolute Gasteiger partial charge is 0.493 e. The number of ether oxygens (including phenoxy) is 2. The summed E-state index contributed by atoms with van der Waals surface area (Å²) >= 11 is 1.46. The number of hydrogen-bond donors (Lipinski definition) is 1. The molecular weight excluding hydrogens is 414 g/mol. The summed E-state index contributed by atoms with van der Waals surface area (Å²) in [6.45, 7) is 6.25. The number of benzene rings is 1. The van der Waals surface area contributed by atoms with Gasteiger partial charge < -0.3 is 19.7 Å². The van der Waals surface area contributed by atoms with E-state index < -0.39 is 0 Å². The van der Waals surface area contributed by atoms with Gasteiger partial charge in [-0.25, -0.2) is 0 Å². The summed E-state index contributed by atoms with van der Waals surface area (Å²) < 4.78 is 12.8. The molecule has 1 aliphatic heterocycles. The van der Waals surface area contributed by atoms with Crippen molar-refractivity contribution in [2.24, 2.45) is 5.92 Å². The molecule has 31 heavy (non-hydrogen) atoms. The SMILES string of the molecule is COc1ccc(NC(=O)C(C)Sc2nnc(N3CCC(C)CC3)n2C2CC2)cc1OC. The Morgan fingerprint density at radius 2 is 1.84 bits per heavy atom. The van der Waals surface area contributed by atoms with E-state index in [2.05, 4.69) is 31.9 Å². The third-order valence-electron chi connectivity index (χ3n) is 5.93. The fraction of sp³-hybridized carbons (Fsp3) is 0.591. The number of rotatable bonds is 8. The molecule has 1 saturated carbocycles. The molecule has 0 radical (unpaired) electrons. The molecule has 1 amide bonds. The molecule has 0 bridgehead atoms. The van der Waals surface area contributed by atoms with Crippen molar-refractivity contribution in [2.75, 3.05) is 37.5 Å². The lowest BCUT2D eigenvalue weighted by atomic mass is 10.00. The van der Waals surface area contributed by atoms with Gasteiger partial charge in [-0.2, -0.15) is 0 Å². The minimum Gasteiger partial charge on any atom is -0.493 e. The van der Waals surface area contributed by atoms with Crippen LogP contribution in [0.4, 0.5) is 11.6 Å². The molecule has 4 rings (SSSR count). The highest BCUT2D eigenvalue weighted by Crippen LogP contribution is 2.42. The summed E-state index contributed by atoms with van der Waals surface area (Å²) in [5, 5.41) is 12.5. The average molecular weight is 446 g/mol. The number of anilines is 2. The second-order valence-electron chi connectivity index (χ2n) is 8.37. The van der Waals surface area contributed by atoms with Gasteiger partial charge in [-0.3, -0.25) is 9.36 Å². The molecule has 1 aromatic carbocycles. The first-order valence-electron chi connectivity index (χ1n) is 10.9. The van der Waals surface area contributed by atoms with Crippen LogP contribution in [0.1, 0.15) is 45.6 Å². The molecule has 2 aromatic rings. The van der Waals surface area contributed by atoms with Crippen LogP contribution >= 0.6 is 11.8 Å². The Labute approximate surface area is 187 Å². The van der Waals surface area contributed by atoms with Gasteiger partial charge in [-0.05, 0) is 50.7 Å². The van der Waals surface area contributed by atoms with Crippen molar-refractivity contribution in [1.29, 1.82) is 0 Å². The molecule has 2 fully saturated rings. The summed E-state index contributed by atoms with van der Waals surface area (Å²) in [4.78, 5) is 15.2. The summed E-state index contributed by atoms with van der Waals surface area (Å²) in [5.41, 5.74) is 0.668. The monoisotopic (exact) mass is 445 g/mol. The summed E-state index contributed by atoms with van der Waals surface area (Å²) in [7, 11) is 3.16. The van der Waals surface area contributed by atoms with E-state index in [-0.39, 0.29) is 11.2 Å². The Bertz CT molecular complexity index is 922. The van der Waals surface area contributed by atoms with Gasteiger partial charge in [0.2, 0.25) is 11.9 Å². The third-order valence-corrected chi connectivity index (χ3v) is 6.98. The molecule has 2 aliphatic rings. The van der Waals surface area contributed by atoms with Gasteiger partial charge in [0.15, 0.2) is 16.7 Å². The van der Waals surface area contributed by atoms with E-state index in [1.165, 1.54) is 24.6 Å². The second kappa shape index (κ2) is 9.38. The highest BCUT2D eigenvalue weighted by Gasteiger charge is 2.33. The molecule has 2 heterocycles. The highest BCUT2D eigenvalue weighted by atomic mass is 32.2. The van der Waals surface area contributed by atoms with Crippen molar-refractivity contribution >= 4 is 29.3 Å². The standard InChI is InChI=1S/C22H31N5O3S/c1-14-9-11-26(12-10-14)21-24-25-22(27(21)17-6-7-17)31-15(2)20(28)23-16-5-8-18(29-3)19(13-16)30-4/h5,8,13-15,17H,6-7,9-12H2,1-4H3,(H,23,28). The van der Waals surface area contributed by atoms with Gasteiger partial charge in [-0.1, -0.05) is 18.7 Å². The van der Waals surface area contributed by atoms with Crippen LogP contribution < -0.4 is 19.7 Å². The van der Waals surface area contributed by atoms with E-state index in [1.807, 2.05) is 6.92 Å². The highest BCUT2D eigenvalue weighted by molar-refractivity contribution is 8.00. The molecule has 1 unspecified atom stereocenters. The van der Waals surface area contributed by atoms with Crippen LogP contribution in [0.2, 0.25) is 0 Å². The van der Waals surface area contributed by atoms with Crippen LogP contribution in [0.5, 0.6) is 11.5 Å². The van der Waals surface area contributed by atoms with Crippen molar-refractivity contribution in [3.8, 4) is 11.5 Å². The van der Waals surface area contributed by atoms with Crippen molar-refractivity contribution in [3.63, 3.8) is 0 Å². The van der Waals surface area contributed by atoms with E-state index >= 15 is 0 Å². The fourth-order valence-electron chi connectivity index (χ4n) is 3.80. The van der Waals surface area contributed by atoms with Crippen LogP contribution in [0.3, 0.4) is 0 Å². The summed E-state index contributed by atoms with van der Waals surface area (Å²) in [6.07, 6.45) is 4.67. The lowest BCUT2D eigenvalue weighted by Gasteiger charge is -2.31. The van der Waals surface area contributed by atoms with Gasteiger partial charge in [0.25, 0.3) is 0 Å². The molecule has 0 spiro atoms. The fourth-order valence-corrected chi connectivity index (χ4v) is 4.71. The predicted octanol–water partition coefficient (Wildman–Crippen LogP) is 3.99. The lowest BCUT2D eigenvalue weighted by Crippen LogP contribution is -2.34. The first-order valence-corrected chi connectivity index (χ1v) is 11.8. The van der Waals surface area contributed by atoms with E-state index in [0.29, 0.717) is 23.2 Å². The zero-order valence-corrected chi connectivity index (χ0v) is 19.4. The summed E-state index contributed by atoms with van der Waals surface area (Å²) in [5.74, 6) is 2.85. The average Bonchev–Trinajstić information content (AvgIpc) is 3.54. The van der Waals surface area contributed by atoms with Crippen molar-refractivity contribution in [1.82, 2.24) is 14.8 Å². The molecule has 1 saturated heterocycles. The third kappa shape index (κ3) is 4.92. The van der Waals surface area contributed by atoms with E-state index in [4.69, 9.17) is 9.47 Å². The molecule has 1 aliphatic carbocycles. The Balaban J connectivity index is 1.44. The number of nitrogens with one attached hydrogen (secondary N) is 1. The molecule has 9 heteroatoms. The number of carbonyl (C=O) groups is 1. The maximum atomic E-state index is 12.8. The van der Waals surface area contributed by atoms with Crippen LogP contribution in [-0.2, 0) is 4.79 Å². The number of thioether (sulfide) groups is 1. The van der Waals surface area contributed by atoms with E-state index in [9.17, 15) is 4.79 Å². The number of carbonyl (C=O) groups excluding carboxylic acids is 1. The van der Waals surface area contributed by atoms with Crippen LogP contribution in [-0.4, -0.2) is 53.2 Å². The van der Waals surface area contributed by atoms with Crippen molar-refractivity contribution in [3.05, 3.63) is 18.2 Å². The molecule has 1 aromatic heterocycles. The van der Waals surface area contributed by atoms with E-state index in [1.54, 1.807) is 32.4 Å². The maximum absolute atomic E-state index is 12.8. The first-order chi connectivity index (χ1) is 15.0. The zero-order chi connectivity index (χ0) is 22.0. The van der Waals surface area contributed by atoms with Gasteiger partial charge in [0.05, 0.1) is 19.5 Å². The minimum atomic E-state index is -0.316.